The summed E-state index contributed by atoms with van der Waals surface area (Å²) < 4.78 is 1.11. The van der Waals surface area contributed by atoms with Gasteiger partial charge in [0.1, 0.15) is 0 Å². The van der Waals surface area contributed by atoms with Crippen molar-refractivity contribution in [1.29, 1.82) is 0 Å². The minimum atomic E-state index is 1.08. The number of pyridine rings is 1. The van der Waals surface area contributed by atoms with E-state index in [1.165, 1.54) is 10.3 Å². The van der Waals surface area contributed by atoms with Crippen LogP contribution in [-0.4, -0.2) is 11.2 Å². The molecule has 1 nitrogen and oxygen atoms in total. The summed E-state index contributed by atoms with van der Waals surface area (Å²) in [6, 6.07) is 8.22. The van der Waals surface area contributed by atoms with E-state index in [4.69, 9.17) is 0 Å². The van der Waals surface area contributed by atoms with E-state index < -0.39 is 0 Å². The van der Waals surface area contributed by atoms with Crippen LogP contribution in [0.2, 0.25) is 0 Å². The summed E-state index contributed by atoms with van der Waals surface area (Å²) in [5.74, 6) is 0. The third-order valence-corrected chi connectivity index (χ3v) is 3.06. The Hall–Kier alpha value is -0.540. The molecule has 1 aromatic carbocycles. The van der Waals surface area contributed by atoms with Crippen LogP contribution >= 0.6 is 27.7 Å². The predicted octanol–water partition coefficient (Wildman–Crippen LogP) is 3.72. The van der Waals surface area contributed by atoms with Gasteiger partial charge >= 0.3 is 0 Å². The van der Waals surface area contributed by atoms with Crippen molar-refractivity contribution >= 4 is 38.6 Å². The van der Waals surface area contributed by atoms with Crippen molar-refractivity contribution in [1.82, 2.24) is 4.98 Å². The highest BCUT2D eigenvalue weighted by molar-refractivity contribution is 9.10. The van der Waals surface area contributed by atoms with Crippen LogP contribution in [0.3, 0.4) is 0 Å². The summed E-state index contributed by atoms with van der Waals surface area (Å²) >= 11 is 5.20. The fourth-order valence-corrected chi connectivity index (χ4v) is 2.52. The largest absolute Gasteiger partial charge is 0.255 e. The third-order valence-electron chi connectivity index (χ3n) is 1.85. The minimum Gasteiger partial charge on any atom is -0.255 e. The lowest BCUT2D eigenvalue weighted by Crippen LogP contribution is -1.81. The Balaban J connectivity index is 2.81. The summed E-state index contributed by atoms with van der Waals surface area (Å²) in [6.45, 7) is 0. The highest BCUT2D eigenvalue weighted by atomic mass is 79.9. The van der Waals surface area contributed by atoms with Crippen molar-refractivity contribution in [3.8, 4) is 0 Å². The lowest BCUT2D eigenvalue weighted by atomic mass is 10.2. The molecule has 0 saturated carbocycles. The summed E-state index contributed by atoms with van der Waals surface area (Å²) in [4.78, 5) is 5.56. The van der Waals surface area contributed by atoms with Crippen LogP contribution in [0, 0.1) is 0 Å². The number of thioether (sulfide) groups is 1. The van der Waals surface area contributed by atoms with Crippen LogP contribution < -0.4 is 0 Å². The summed E-state index contributed by atoms with van der Waals surface area (Å²) in [6.07, 6.45) is 3.89. The standard InChI is InChI=1S/C10H8BrNS/c1-13-9-6-8(11)5-7-3-2-4-12-10(7)9/h2-6H,1H3. The number of halogens is 1. The molecule has 0 amide bonds. The highest BCUT2D eigenvalue weighted by Crippen LogP contribution is 2.28. The Kier molecular flexibility index (Phi) is 2.56. The van der Waals surface area contributed by atoms with E-state index >= 15 is 0 Å². The summed E-state index contributed by atoms with van der Waals surface area (Å²) in [7, 11) is 0. The first-order valence-corrected chi connectivity index (χ1v) is 5.91. The van der Waals surface area contributed by atoms with Crippen LogP contribution in [0.1, 0.15) is 0 Å². The molecule has 66 valence electrons. The van der Waals surface area contributed by atoms with Gasteiger partial charge in [0.25, 0.3) is 0 Å². The van der Waals surface area contributed by atoms with Crippen LogP contribution in [-0.2, 0) is 0 Å². The van der Waals surface area contributed by atoms with Gasteiger partial charge in [-0.1, -0.05) is 22.0 Å². The Morgan fingerprint density at radius 1 is 1.38 bits per heavy atom. The zero-order valence-electron chi connectivity index (χ0n) is 7.12. The van der Waals surface area contributed by atoms with Crippen molar-refractivity contribution in [3.63, 3.8) is 0 Å². The SMILES string of the molecule is CSc1cc(Br)cc2cccnc12. The molecule has 0 N–H and O–H groups in total. The summed E-state index contributed by atoms with van der Waals surface area (Å²) in [5.41, 5.74) is 1.08. The maximum Gasteiger partial charge on any atom is 0.0838 e. The molecule has 3 heteroatoms. The topological polar surface area (TPSA) is 12.9 Å². The van der Waals surface area contributed by atoms with Gasteiger partial charge in [-0.15, -0.1) is 11.8 Å². The monoisotopic (exact) mass is 253 g/mol. The Morgan fingerprint density at radius 2 is 2.23 bits per heavy atom. The first-order chi connectivity index (χ1) is 6.31. The van der Waals surface area contributed by atoms with Gasteiger partial charge in [0.2, 0.25) is 0 Å². The van der Waals surface area contributed by atoms with Gasteiger partial charge in [-0.3, -0.25) is 4.98 Å². The van der Waals surface area contributed by atoms with Crippen LogP contribution in [0.4, 0.5) is 0 Å². The van der Waals surface area contributed by atoms with Gasteiger partial charge in [-0.05, 0) is 24.5 Å². The molecule has 1 heterocycles. The molecule has 0 spiro atoms. The van der Waals surface area contributed by atoms with Gasteiger partial charge in [0.15, 0.2) is 0 Å². The molecule has 0 atom stereocenters. The highest BCUT2D eigenvalue weighted by Gasteiger charge is 2.01. The average Bonchev–Trinajstić information content (AvgIpc) is 2.16. The van der Waals surface area contributed by atoms with E-state index in [-0.39, 0.29) is 0 Å². The van der Waals surface area contributed by atoms with Crippen molar-refractivity contribution < 1.29 is 0 Å². The smallest absolute Gasteiger partial charge is 0.0838 e. The van der Waals surface area contributed by atoms with Crippen LogP contribution in [0.15, 0.2) is 39.8 Å². The molecule has 0 bridgehead atoms. The van der Waals surface area contributed by atoms with Gasteiger partial charge in [-0.2, -0.15) is 0 Å². The van der Waals surface area contributed by atoms with E-state index in [0.717, 1.165) is 9.99 Å². The lowest BCUT2D eigenvalue weighted by molar-refractivity contribution is 1.34. The zero-order valence-corrected chi connectivity index (χ0v) is 9.52. The fourth-order valence-electron chi connectivity index (χ4n) is 1.28. The molecular weight excluding hydrogens is 246 g/mol. The quantitative estimate of drug-likeness (QED) is 0.719. The number of fused-ring (bicyclic) bond motifs is 1. The number of hydrogen-bond acceptors (Lipinski definition) is 2. The van der Waals surface area contributed by atoms with Gasteiger partial charge in [-0.25, -0.2) is 0 Å². The van der Waals surface area contributed by atoms with Crippen molar-refractivity contribution in [2.24, 2.45) is 0 Å². The zero-order chi connectivity index (χ0) is 9.26. The lowest BCUT2D eigenvalue weighted by Gasteiger charge is -2.02. The molecule has 0 radical (unpaired) electrons. The minimum absolute atomic E-state index is 1.08. The molecule has 13 heavy (non-hydrogen) atoms. The summed E-state index contributed by atoms with van der Waals surface area (Å²) in [5, 5.41) is 1.18. The number of hydrogen-bond donors (Lipinski definition) is 0. The molecule has 0 unspecified atom stereocenters. The van der Waals surface area contributed by atoms with Crippen molar-refractivity contribution in [2.75, 3.05) is 6.26 Å². The fraction of sp³-hybridized carbons (Fsp3) is 0.100. The average molecular weight is 254 g/mol. The van der Waals surface area contributed by atoms with E-state index in [9.17, 15) is 0 Å². The van der Waals surface area contributed by atoms with Crippen LogP contribution in [0.5, 0.6) is 0 Å². The number of rotatable bonds is 1. The molecule has 1 aromatic heterocycles. The molecule has 0 saturated heterocycles. The number of nitrogens with zero attached hydrogens (tertiary/aromatic N) is 1. The second-order valence-corrected chi connectivity index (χ2v) is 4.45. The normalized spacial score (nSPS) is 10.6. The maximum atomic E-state index is 4.35. The first-order valence-electron chi connectivity index (χ1n) is 3.89. The van der Waals surface area contributed by atoms with E-state index in [1.54, 1.807) is 11.8 Å². The van der Waals surface area contributed by atoms with E-state index in [0.29, 0.717) is 0 Å². The Labute approximate surface area is 89.7 Å². The second kappa shape index (κ2) is 3.68. The molecule has 0 aliphatic carbocycles. The van der Waals surface area contributed by atoms with Gasteiger partial charge in [0, 0.05) is 21.0 Å². The van der Waals surface area contributed by atoms with E-state index in [1.807, 2.05) is 12.3 Å². The molecule has 0 aliphatic heterocycles. The first kappa shape index (κ1) is 9.03. The van der Waals surface area contributed by atoms with Crippen LogP contribution in [0.25, 0.3) is 10.9 Å². The van der Waals surface area contributed by atoms with Crippen molar-refractivity contribution in [3.05, 3.63) is 34.9 Å². The second-order valence-electron chi connectivity index (χ2n) is 2.68. The Bertz CT molecular complexity index is 442. The van der Waals surface area contributed by atoms with E-state index in [2.05, 4.69) is 45.4 Å². The molecule has 2 aromatic rings. The molecular formula is C10H8BrNS. The number of aromatic nitrogens is 1. The number of benzene rings is 1. The third kappa shape index (κ3) is 1.71. The molecule has 0 fully saturated rings. The molecule has 2 rings (SSSR count). The predicted molar refractivity (Wildman–Crippen MR) is 61.2 cm³/mol. The Morgan fingerprint density at radius 3 is 3.00 bits per heavy atom. The van der Waals surface area contributed by atoms with Crippen molar-refractivity contribution in [2.45, 2.75) is 4.90 Å². The molecule has 0 aliphatic rings. The van der Waals surface area contributed by atoms with Gasteiger partial charge < -0.3 is 0 Å². The van der Waals surface area contributed by atoms with Gasteiger partial charge in [0.05, 0.1) is 5.52 Å². The maximum absolute atomic E-state index is 4.35.